The zero-order valence-corrected chi connectivity index (χ0v) is 16.2. The molecule has 1 aliphatic heterocycles. The number of aromatic nitrogens is 3. The standard InChI is InChI=1S/C20H17FN4O5/c1-28-19(26)15-10-30-11-24(18(15)20(27)29-2)14-7-8-16-17(9-14)23-25(22-16)13-5-3-12(21)4-6-13/h3-9H,10-11H2,1-2H3. The number of carbonyl (C=O) groups is 2. The van der Waals surface area contributed by atoms with Crippen LogP contribution in [0.15, 0.2) is 53.7 Å². The molecular weight excluding hydrogens is 395 g/mol. The molecule has 1 aliphatic rings. The Morgan fingerprint density at radius 3 is 2.33 bits per heavy atom. The van der Waals surface area contributed by atoms with Crippen molar-refractivity contribution in [3.05, 3.63) is 59.6 Å². The van der Waals surface area contributed by atoms with Crippen molar-refractivity contribution < 1.29 is 28.2 Å². The Hall–Kier alpha value is -3.79. The van der Waals surface area contributed by atoms with Gasteiger partial charge in [0.05, 0.1) is 32.1 Å². The maximum atomic E-state index is 13.2. The van der Waals surface area contributed by atoms with E-state index in [2.05, 4.69) is 10.2 Å². The van der Waals surface area contributed by atoms with Gasteiger partial charge in [-0.15, -0.1) is 10.2 Å². The number of nitrogens with zero attached hydrogens (tertiary/aromatic N) is 4. The van der Waals surface area contributed by atoms with Crippen LogP contribution in [0.4, 0.5) is 10.1 Å². The third kappa shape index (κ3) is 3.48. The lowest BCUT2D eigenvalue weighted by atomic mass is 10.1. The molecule has 0 N–H and O–H groups in total. The van der Waals surface area contributed by atoms with Gasteiger partial charge in [0.2, 0.25) is 0 Å². The molecular formula is C20H17FN4O5. The van der Waals surface area contributed by atoms with E-state index in [1.807, 2.05) is 0 Å². The molecule has 0 spiro atoms. The van der Waals surface area contributed by atoms with Crippen molar-refractivity contribution in [2.24, 2.45) is 0 Å². The number of ether oxygens (including phenoxy) is 3. The number of hydrogen-bond donors (Lipinski definition) is 0. The number of fused-ring (bicyclic) bond motifs is 1. The molecule has 10 heteroatoms. The fraction of sp³-hybridized carbons (Fsp3) is 0.200. The summed E-state index contributed by atoms with van der Waals surface area (Å²) >= 11 is 0. The van der Waals surface area contributed by atoms with Gasteiger partial charge in [0.1, 0.15) is 29.3 Å². The van der Waals surface area contributed by atoms with Gasteiger partial charge in [0.25, 0.3) is 0 Å². The largest absolute Gasteiger partial charge is 0.466 e. The summed E-state index contributed by atoms with van der Waals surface area (Å²) in [6.07, 6.45) is 0. The van der Waals surface area contributed by atoms with Crippen LogP contribution in [-0.2, 0) is 23.8 Å². The van der Waals surface area contributed by atoms with E-state index in [0.29, 0.717) is 22.4 Å². The van der Waals surface area contributed by atoms with Gasteiger partial charge in [0.15, 0.2) is 0 Å². The van der Waals surface area contributed by atoms with Gasteiger partial charge >= 0.3 is 11.9 Å². The number of hydrogen-bond acceptors (Lipinski definition) is 8. The van der Waals surface area contributed by atoms with Crippen molar-refractivity contribution in [3.63, 3.8) is 0 Å². The summed E-state index contributed by atoms with van der Waals surface area (Å²) in [5.41, 5.74) is 2.38. The second-order valence-corrected chi connectivity index (χ2v) is 6.35. The van der Waals surface area contributed by atoms with Crippen LogP contribution in [0.3, 0.4) is 0 Å². The van der Waals surface area contributed by atoms with E-state index in [-0.39, 0.29) is 30.4 Å². The predicted molar refractivity (Wildman–Crippen MR) is 103 cm³/mol. The van der Waals surface area contributed by atoms with E-state index >= 15 is 0 Å². The molecule has 4 rings (SSSR count). The Balaban J connectivity index is 1.76. The predicted octanol–water partition coefficient (Wildman–Crippen LogP) is 1.95. The first kappa shape index (κ1) is 19.5. The Bertz CT molecular complexity index is 1160. The summed E-state index contributed by atoms with van der Waals surface area (Å²) in [5, 5.41) is 8.80. The summed E-state index contributed by atoms with van der Waals surface area (Å²) < 4.78 is 28.3. The third-order valence-corrected chi connectivity index (χ3v) is 4.57. The van der Waals surface area contributed by atoms with Crippen LogP contribution in [0.2, 0.25) is 0 Å². The lowest BCUT2D eigenvalue weighted by Crippen LogP contribution is -2.38. The average Bonchev–Trinajstić information content (AvgIpc) is 3.21. The van der Waals surface area contributed by atoms with Crippen molar-refractivity contribution in [2.75, 3.05) is 32.5 Å². The summed E-state index contributed by atoms with van der Waals surface area (Å²) in [5.74, 6) is -1.72. The number of halogens is 1. The molecule has 0 saturated carbocycles. The highest BCUT2D eigenvalue weighted by molar-refractivity contribution is 6.03. The molecule has 2 heterocycles. The quantitative estimate of drug-likeness (QED) is 0.600. The minimum atomic E-state index is -0.686. The van der Waals surface area contributed by atoms with Crippen LogP contribution in [0.25, 0.3) is 16.7 Å². The highest BCUT2D eigenvalue weighted by Crippen LogP contribution is 2.28. The van der Waals surface area contributed by atoms with Crippen LogP contribution in [0.5, 0.6) is 0 Å². The molecule has 0 aliphatic carbocycles. The molecule has 3 aromatic rings. The van der Waals surface area contributed by atoms with Gasteiger partial charge in [-0.25, -0.2) is 14.0 Å². The number of rotatable bonds is 4. The average molecular weight is 412 g/mol. The van der Waals surface area contributed by atoms with E-state index in [4.69, 9.17) is 14.2 Å². The lowest BCUT2D eigenvalue weighted by molar-refractivity contribution is -0.140. The first-order valence-corrected chi connectivity index (χ1v) is 8.90. The van der Waals surface area contributed by atoms with E-state index in [1.165, 1.54) is 36.0 Å². The van der Waals surface area contributed by atoms with Crippen LogP contribution in [0, 0.1) is 5.82 Å². The summed E-state index contributed by atoms with van der Waals surface area (Å²) in [7, 11) is 2.46. The zero-order chi connectivity index (χ0) is 21.3. The van der Waals surface area contributed by atoms with Crippen molar-refractivity contribution >= 4 is 28.7 Å². The van der Waals surface area contributed by atoms with Crippen LogP contribution < -0.4 is 4.90 Å². The second-order valence-electron chi connectivity index (χ2n) is 6.35. The molecule has 0 saturated heterocycles. The molecule has 0 bridgehead atoms. The highest BCUT2D eigenvalue weighted by atomic mass is 19.1. The topological polar surface area (TPSA) is 95.8 Å². The number of carbonyl (C=O) groups excluding carboxylic acids is 2. The molecule has 0 amide bonds. The van der Waals surface area contributed by atoms with Crippen LogP contribution >= 0.6 is 0 Å². The summed E-state index contributed by atoms with van der Waals surface area (Å²) in [6.45, 7) is -0.0425. The fourth-order valence-corrected chi connectivity index (χ4v) is 3.11. The Labute approximate surface area is 170 Å². The van der Waals surface area contributed by atoms with Crippen LogP contribution in [-0.4, -0.2) is 54.5 Å². The van der Waals surface area contributed by atoms with E-state index in [9.17, 15) is 14.0 Å². The maximum absolute atomic E-state index is 13.2. The summed E-state index contributed by atoms with van der Waals surface area (Å²) in [6, 6.07) is 10.9. The molecule has 154 valence electrons. The first-order chi connectivity index (χ1) is 14.5. The number of anilines is 1. The number of methoxy groups -OCH3 is 2. The fourth-order valence-electron chi connectivity index (χ4n) is 3.11. The molecule has 2 aromatic carbocycles. The van der Waals surface area contributed by atoms with Gasteiger partial charge in [0, 0.05) is 5.69 Å². The molecule has 0 fully saturated rings. The summed E-state index contributed by atoms with van der Waals surface area (Å²) in [4.78, 5) is 27.4. The Morgan fingerprint density at radius 1 is 0.967 bits per heavy atom. The molecule has 30 heavy (non-hydrogen) atoms. The van der Waals surface area contributed by atoms with E-state index in [1.54, 1.807) is 30.3 Å². The minimum absolute atomic E-state index is 0.0303. The smallest absolute Gasteiger partial charge is 0.355 e. The van der Waals surface area contributed by atoms with Gasteiger partial charge < -0.3 is 19.1 Å². The zero-order valence-electron chi connectivity index (χ0n) is 16.2. The second kappa shape index (κ2) is 7.91. The molecule has 0 radical (unpaired) electrons. The minimum Gasteiger partial charge on any atom is -0.466 e. The van der Waals surface area contributed by atoms with Gasteiger partial charge in [-0.2, -0.15) is 4.80 Å². The normalized spacial score (nSPS) is 14.2. The SMILES string of the molecule is COC(=O)C1=C(C(=O)OC)N(c2ccc3nn(-c4ccc(F)cc4)nc3c2)COC1. The number of esters is 2. The van der Waals surface area contributed by atoms with Gasteiger partial charge in [-0.1, -0.05) is 0 Å². The van der Waals surface area contributed by atoms with E-state index < -0.39 is 11.9 Å². The lowest BCUT2D eigenvalue weighted by Gasteiger charge is -2.31. The van der Waals surface area contributed by atoms with Crippen molar-refractivity contribution in [2.45, 2.75) is 0 Å². The highest BCUT2D eigenvalue weighted by Gasteiger charge is 2.32. The molecule has 1 aromatic heterocycles. The van der Waals surface area contributed by atoms with Crippen molar-refractivity contribution in [3.8, 4) is 5.69 Å². The maximum Gasteiger partial charge on any atom is 0.355 e. The monoisotopic (exact) mass is 412 g/mol. The molecule has 0 atom stereocenters. The Kier molecular flexibility index (Phi) is 5.15. The first-order valence-electron chi connectivity index (χ1n) is 8.90. The Morgan fingerprint density at radius 2 is 1.63 bits per heavy atom. The van der Waals surface area contributed by atoms with Gasteiger partial charge in [-0.05, 0) is 42.5 Å². The molecule has 0 unspecified atom stereocenters. The molecule has 9 nitrogen and oxygen atoms in total. The van der Waals surface area contributed by atoms with Gasteiger partial charge in [-0.3, -0.25) is 0 Å². The van der Waals surface area contributed by atoms with Crippen LogP contribution in [0.1, 0.15) is 0 Å². The van der Waals surface area contributed by atoms with Crippen molar-refractivity contribution in [1.82, 2.24) is 15.0 Å². The third-order valence-electron chi connectivity index (χ3n) is 4.57. The number of benzene rings is 2. The van der Waals surface area contributed by atoms with E-state index in [0.717, 1.165) is 0 Å². The van der Waals surface area contributed by atoms with Crippen molar-refractivity contribution in [1.29, 1.82) is 0 Å².